The van der Waals surface area contributed by atoms with Gasteiger partial charge >= 0.3 is 0 Å². The molecule has 1 spiro atoms. The summed E-state index contributed by atoms with van der Waals surface area (Å²) >= 11 is 0. The molecule has 110 valence electrons. The Kier molecular flexibility index (Phi) is 2.82. The van der Waals surface area contributed by atoms with Crippen LogP contribution in [0.3, 0.4) is 0 Å². The Hall–Kier alpha value is -1.81. The van der Waals surface area contributed by atoms with E-state index in [1.54, 1.807) is 0 Å². The molecule has 1 aliphatic heterocycles. The van der Waals surface area contributed by atoms with Gasteiger partial charge in [0.25, 0.3) is 0 Å². The number of benzene rings is 1. The van der Waals surface area contributed by atoms with E-state index in [0.29, 0.717) is 19.5 Å². The van der Waals surface area contributed by atoms with Gasteiger partial charge < -0.3 is 14.6 Å². The third-order valence-electron chi connectivity index (χ3n) is 5.10. The first-order valence-electron chi connectivity index (χ1n) is 7.68. The number of β-amino-alcohol motifs (C(OH)–C–C–N with tert-alkyl or cyclic N) is 1. The number of carbonyl (C=O) groups is 1. The van der Waals surface area contributed by atoms with Crippen LogP contribution in [0.4, 0.5) is 0 Å². The zero-order valence-corrected chi connectivity index (χ0v) is 12.0. The van der Waals surface area contributed by atoms with E-state index in [0.717, 1.165) is 19.4 Å². The van der Waals surface area contributed by atoms with Crippen LogP contribution in [0.5, 0.6) is 0 Å². The topological polar surface area (TPSA) is 45.5 Å². The summed E-state index contributed by atoms with van der Waals surface area (Å²) in [5.41, 5.74) is 1.22. The molecule has 1 unspecified atom stereocenters. The monoisotopic (exact) mass is 284 g/mol. The van der Waals surface area contributed by atoms with E-state index in [1.807, 2.05) is 23.2 Å². The minimum Gasteiger partial charge on any atom is -0.391 e. The normalized spacial score (nSPS) is 23.1. The van der Waals surface area contributed by atoms with E-state index in [-0.39, 0.29) is 17.4 Å². The lowest BCUT2D eigenvalue weighted by Gasteiger charge is -2.16. The molecule has 1 aromatic heterocycles. The van der Waals surface area contributed by atoms with Crippen LogP contribution in [0, 0.1) is 5.41 Å². The number of hydrogen-bond donors (Lipinski definition) is 1. The van der Waals surface area contributed by atoms with Crippen LogP contribution in [-0.2, 0) is 11.3 Å². The van der Waals surface area contributed by atoms with Crippen molar-refractivity contribution in [3.8, 4) is 0 Å². The van der Waals surface area contributed by atoms with Gasteiger partial charge in [-0.2, -0.15) is 0 Å². The lowest BCUT2D eigenvalue weighted by Crippen LogP contribution is -2.30. The summed E-state index contributed by atoms with van der Waals surface area (Å²) in [5.74, 6) is 0.163. The molecule has 1 atom stereocenters. The molecule has 2 aliphatic rings. The van der Waals surface area contributed by atoms with Gasteiger partial charge in [0.1, 0.15) is 0 Å². The zero-order valence-electron chi connectivity index (χ0n) is 12.0. The van der Waals surface area contributed by atoms with Crippen LogP contribution in [-0.4, -0.2) is 39.7 Å². The first kappa shape index (κ1) is 12.9. The summed E-state index contributed by atoms with van der Waals surface area (Å²) in [4.78, 5) is 14.2. The highest BCUT2D eigenvalue weighted by molar-refractivity contribution is 5.80. The molecule has 0 bridgehead atoms. The molecule has 1 saturated carbocycles. The van der Waals surface area contributed by atoms with E-state index in [9.17, 15) is 9.90 Å². The highest BCUT2D eigenvalue weighted by Gasteiger charge is 2.55. The quantitative estimate of drug-likeness (QED) is 0.937. The van der Waals surface area contributed by atoms with Crippen LogP contribution >= 0.6 is 0 Å². The molecular weight excluding hydrogens is 264 g/mol. The van der Waals surface area contributed by atoms with Gasteiger partial charge in [0, 0.05) is 43.2 Å². The maximum atomic E-state index is 12.3. The molecule has 2 fully saturated rings. The number of aliphatic hydroxyl groups is 1. The maximum absolute atomic E-state index is 12.3. The van der Waals surface area contributed by atoms with Crippen molar-refractivity contribution in [3.63, 3.8) is 0 Å². The molecule has 1 N–H and O–H groups in total. The fourth-order valence-corrected chi connectivity index (χ4v) is 3.50. The lowest BCUT2D eigenvalue weighted by molar-refractivity contribution is -0.130. The number of carbonyl (C=O) groups excluding carboxylic acids is 1. The Bertz CT molecular complexity index is 687. The number of amides is 1. The molecule has 4 nitrogen and oxygen atoms in total. The molecule has 1 saturated heterocycles. The van der Waals surface area contributed by atoms with Crippen molar-refractivity contribution in [2.75, 3.05) is 13.1 Å². The van der Waals surface area contributed by atoms with Crippen molar-refractivity contribution in [1.82, 2.24) is 9.47 Å². The third-order valence-corrected chi connectivity index (χ3v) is 5.10. The Morgan fingerprint density at radius 3 is 2.86 bits per heavy atom. The molecule has 1 aliphatic carbocycles. The van der Waals surface area contributed by atoms with Crippen LogP contribution in [0.25, 0.3) is 10.9 Å². The van der Waals surface area contributed by atoms with Gasteiger partial charge in [-0.15, -0.1) is 0 Å². The fraction of sp³-hybridized carbons (Fsp3) is 0.471. The number of aromatic nitrogens is 1. The maximum Gasteiger partial charge on any atom is 0.224 e. The Morgan fingerprint density at radius 1 is 1.29 bits per heavy atom. The number of likely N-dealkylation sites (tertiary alicyclic amines) is 1. The molecule has 21 heavy (non-hydrogen) atoms. The van der Waals surface area contributed by atoms with Crippen LogP contribution in [0.2, 0.25) is 0 Å². The summed E-state index contributed by atoms with van der Waals surface area (Å²) in [6.45, 7) is 1.97. The van der Waals surface area contributed by atoms with E-state index < -0.39 is 0 Å². The van der Waals surface area contributed by atoms with Crippen LogP contribution in [0.1, 0.15) is 19.3 Å². The molecule has 2 aromatic rings. The fourth-order valence-electron chi connectivity index (χ4n) is 3.50. The summed E-state index contributed by atoms with van der Waals surface area (Å²) < 4.78 is 2.13. The second-order valence-electron chi connectivity index (χ2n) is 6.47. The van der Waals surface area contributed by atoms with Gasteiger partial charge in [-0.1, -0.05) is 18.2 Å². The average molecular weight is 284 g/mol. The van der Waals surface area contributed by atoms with Crippen molar-refractivity contribution in [2.24, 2.45) is 5.41 Å². The van der Waals surface area contributed by atoms with E-state index in [4.69, 9.17) is 0 Å². The largest absolute Gasteiger partial charge is 0.391 e. The minimum atomic E-state index is -0.311. The first-order valence-corrected chi connectivity index (χ1v) is 7.68. The summed E-state index contributed by atoms with van der Waals surface area (Å²) in [7, 11) is 0. The SMILES string of the molecule is O=C(CCn1ccc2ccccc21)N1CC(O)C2(CC2)C1. The predicted octanol–water partition coefficient (Wildman–Crippen LogP) is 2.01. The lowest BCUT2D eigenvalue weighted by atomic mass is 10.0. The number of para-hydroxylation sites is 1. The van der Waals surface area contributed by atoms with Crippen molar-refractivity contribution < 1.29 is 9.90 Å². The van der Waals surface area contributed by atoms with Crippen molar-refractivity contribution in [1.29, 1.82) is 0 Å². The molecule has 4 heteroatoms. The standard InChI is InChI=1S/C17H20N2O2/c20-15-11-19(12-17(15)7-8-17)16(21)6-10-18-9-5-13-3-1-2-4-14(13)18/h1-5,9,15,20H,6-8,10-12H2. The van der Waals surface area contributed by atoms with Crippen molar-refractivity contribution >= 4 is 16.8 Å². The highest BCUT2D eigenvalue weighted by Crippen LogP contribution is 2.52. The average Bonchev–Trinajstić information content (AvgIpc) is 3.04. The smallest absolute Gasteiger partial charge is 0.224 e. The molecule has 2 heterocycles. The number of aliphatic hydroxyl groups excluding tert-OH is 1. The van der Waals surface area contributed by atoms with Gasteiger partial charge in [0.2, 0.25) is 5.91 Å². The van der Waals surface area contributed by atoms with Crippen molar-refractivity contribution in [2.45, 2.75) is 31.9 Å². The second kappa shape index (κ2) is 4.60. The summed E-state index contributed by atoms with van der Waals surface area (Å²) in [5, 5.41) is 11.2. The Labute approximate surface area is 124 Å². The number of aryl methyl sites for hydroxylation is 1. The van der Waals surface area contributed by atoms with Crippen LogP contribution in [0.15, 0.2) is 36.5 Å². The van der Waals surface area contributed by atoms with Gasteiger partial charge in [-0.25, -0.2) is 0 Å². The second-order valence-corrected chi connectivity index (χ2v) is 6.47. The van der Waals surface area contributed by atoms with Crippen molar-refractivity contribution in [3.05, 3.63) is 36.5 Å². The Balaban J connectivity index is 1.42. The van der Waals surface area contributed by atoms with Crippen LogP contribution < -0.4 is 0 Å². The van der Waals surface area contributed by atoms with E-state index in [1.165, 1.54) is 10.9 Å². The van der Waals surface area contributed by atoms with Gasteiger partial charge in [-0.05, 0) is 30.4 Å². The highest BCUT2D eigenvalue weighted by atomic mass is 16.3. The zero-order chi connectivity index (χ0) is 14.4. The first-order chi connectivity index (χ1) is 10.2. The number of fused-ring (bicyclic) bond motifs is 1. The summed E-state index contributed by atoms with van der Waals surface area (Å²) in [6.07, 6.45) is 4.37. The van der Waals surface area contributed by atoms with Gasteiger partial charge in [0.15, 0.2) is 0 Å². The predicted molar refractivity (Wildman–Crippen MR) is 80.8 cm³/mol. The number of hydrogen-bond acceptors (Lipinski definition) is 2. The molecule has 1 amide bonds. The third kappa shape index (κ3) is 2.14. The molecule has 0 radical (unpaired) electrons. The minimum absolute atomic E-state index is 0.0514. The molecule has 1 aromatic carbocycles. The number of rotatable bonds is 3. The van der Waals surface area contributed by atoms with E-state index in [2.05, 4.69) is 22.8 Å². The Morgan fingerprint density at radius 2 is 2.10 bits per heavy atom. The van der Waals surface area contributed by atoms with E-state index >= 15 is 0 Å². The molecule has 4 rings (SSSR count). The molecular formula is C17H20N2O2. The summed E-state index contributed by atoms with van der Waals surface area (Å²) in [6, 6.07) is 10.3. The van der Waals surface area contributed by atoms with Gasteiger partial charge in [0.05, 0.1) is 6.10 Å². The number of nitrogens with zero attached hydrogens (tertiary/aromatic N) is 2. The van der Waals surface area contributed by atoms with Gasteiger partial charge in [-0.3, -0.25) is 4.79 Å².